The van der Waals surface area contributed by atoms with Gasteiger partial charge in [-0.25, -0.2) is 9.18 Å². The van der Waals surface area contributed by atoms with Gasteiger partial charge in [0.2, 0.25) is 0 Å². The number of nitrogens with one attached hydrogen (secondary N) is 1. The van der Waals surface area contributed by atoms with Gasteiger partial charge in [0.1, 0.15) is 11.6 Å². The van der Waals surface area contributed by atoms with Crippen molar-refractivity contribution in [2.75, 3.05) is 32.1 Å². The molecule has 5 nitrogen and oxygen atoms in total. The fourth-order valence-corrected chi connectivity index (χ4v) is 2.59. The van der Waals surface area contributed by atoms with Crippen molar-refractivity contribution in [3.63, 3.8) is 0 Å². The summed E-state index contributed by atoms with van der Waals surface area (Å²) in [7, 11) is 1.71. The van der Waals surface area contributed by atoms with Gasteiger partial charge in [0.05, 0.1) is 18.4 Å². The van der Waals surface area contributed by atoms with Gasteiger partial charge in [-0.3, -0.25) is 0 Å². The predicted molar refractivity (Wildman–Crippen MR) is 87.4 cm³/mol. The molecule has 2 rings (SSSR count). The van der Waals surface area contributed by atoms with Crippen LogP contribution in [0.25, 0.3) is 0 Å². The molecule has 0 aromatic heterocycles. The number of carbonyl (C=O) groups excluding carboxylic acids is 1. The van der Waals surface area contributed by atoms with E-state index in [1.165, 1.54) is 12.1 Å². The number of hydrogen-bond donors (Lipinski definition) is 1. The average molecular weight is 324 g/mol. The number of nitrogens with zero attached hydrogens (tertiary/aromatic N) is 1. The van der Waals surface area contributed by atoms with Crippen LogP contribution in [0.2, 0.25) is 0 Å². The molecule has 1 heterocycles. The summed E-state index contributed by atoms with van der Waals surface area (Å²) in [5.41, 5.74) is 0.157. The van der Waals surface area contributed by atoms with Crippen LogP contribution in [0.3, 0.4) is 0 Å². The van der Waals surface area contributed by atoms with Gasteiger partial charge in [-0.1, -0.05) is 0 Å². The lowest BCUT2D eigenvalue weighted by molar-refractivity contribution is 0.101. The third-order valence-electron chi connectivity index (χ3n) is 3.88. The van der Waals surface area contributed by atoms with E-state index in [-0.39, 0.29) is 11.7 Å². The second-order valence-corrected chi connectivity index (χ2v) is 5.70. The molecule has 0 unspecified atom stereocenters. The van der Waals surface area contributed by atoms with Crippen LogP contribution < -0.4 is 10.1 Å². The van der Waals surface area contributed by atoms with E-state index >= 15 is 0 Å². The summed E-state index contributed by atoms with van der Waals surface area (Å²) in [4.78, 5) is 13.6. The molecule has 2 amide bonds. The number of urea groups is 1. The van der Waals surface area contributed by atoms with Gasteiger partial charge in [-0.15, -0.1) is 0 Å². The zero-order valence-corrected chi connectivity index (χ0v) is 13.8. The van der Waals surface area contributed by atoms with E-state index in [9.17, 15) is 9.18 Å². The monoisotopic (exact) mass is 324 g/mol. The number of rotatable bonds is 7. The molecule has 0 radical (unpaired) electrons. The predicted octanol–water partition coefficient (Wildman–Crippen LogP) is 3.65. The number of amides is 2. The lowest BCUT2D eigenvalue weighted by atomic mass is 10.1. The zero-order valence-electron chi connectivity index (χ0n) is 13.8. The largest absolute Gasteiger partial charge is 0.494 e. The van der Waals surface area contributed by atoms with E-state index in [4.69, 9.17) is 9.47 Å². The highest BCUT2D eigenvalue weighted by Crippen LogP contribution is 2.21. The Bertz CT molecular complexity index is 519. The number of ether oxygens (including phenoxy) is 2. The first-order chi connectivity index (χ1) is 11.1. The Hall–Kier alpha value is -1.82. The first-order valence-corrected chi connectivity index (χ1v) is 8.16. The fraction of sp³-hybridized carbons (Fsp3) is 0.588. The molecule has 1 aromatic rings. The van der Waals surface area contributed by atoms with E-state index in [1.54, 1.807) is 18.0 Å². The summed E-state index contributed by atoms with van der Waals surface area (Å²) < 4.78 is 24.7. The highest BCUT2D eigenvalue weighted by Gasteiger charge is 2.16. The van der Waals surface area contributed by atoms with Crippen LogP contribution in [-0.4, -0.2) is 43.8 Å². The SMILES string of the molecule is CCOc1ccc(NC(=O)N(C)CCC[C@H]2CCCO2)c(F)c1. The number of anilines is 1. The fourth-order valence-electron chi connectivity index (χ4n) is 2.59. The molecule has 0 aliphatic carbocycles. The Labute approximate surface area is 136 Å². The van der Waals surface area contributed by atoms with Crippen LogP contribution in [0.4, 0.5) is 14.9 Å². The summed E-state index contributed by atoms with van der Waals surface area (Å²) >= 11 is 0. The number of hydrogen-bond acceptors (Lipinski definition) is 3. The minimum absolute atomic E-state index is 0.157. The lowest BCUT2D eigenvalue weighted by Gasteiger charge is -2.19. The smallest absolute Gasteiger partial charge is 0.321 e. The van der Waals surface area contributed by atoms with Gasteiger partial charge < -0.3 is 19.7 Å². The second-order valence-electron chi connectivity index (χ2n) is 5.70. The number of carbonyl (C=O) groups is 1. The van der Waals surface area contributed by atoms with Gasteiger partial charge in [0.15, 0.2) is 0 Å². The molecule has 23 heavy (non-hydrogen) atoms. The van der Waals surface area contributed by atoms with E-state index in [0.717, 1.165) is 32.3 Å². The van der Waals surface area contributed by atoms with Gasteiger partial charge in [-0.2, -0.15) is 0 Å². The van der Waals surface area contributed by atoms with E-state index in [2.05, 4.69) is 5.32 Å². The first-order valence-electron chi connectivity index (χ1n) is 8.16. The van der Waals surface area contributed by atoms with Crippen LogP contribution in [0.5, 0.6) is 5.75 Å². The molecule has 1 fully saturated rings. The molecule has 1 saturated heterocycles. The van der Waals surface area contributed by atoms with Crippen LogP contribution in [0.1, 0.15) is 32.6 Å². The quantitative estimate of drug-likeness (QED) is 0.833. The standard InChI is InChI=1S/C17H25FN2O3/c1-3-22-14-8-9-16(15(18)12-14)19-17(21)20(2)10-4-6-13-7-5-11-23-13/h8-9,12-13H,3-7,10-11H2,1-2H3,(H,19,21)/t13-/m0/s1. The van der Waals surface area contributed by atoms with Gasteiger partial charge in [0.25, 0.3) is 0 Å². The van der Waals surface area contributed by atoms with Crippen molar-refractivity contribution in [1.29, 1.82) is 0 Å². The molecular formula is C17H25FN2O3. The van der Waals surface area contributed by atoms with Gasteiger partial charge in [0, 0.05) is 26.3 Å². The van der Waals surface area contributed by atoms with Crippen LogP contribution in [0, 0.1) is 5.82 Å². The third-order valence-corrected chi connectivity index (χ3v) is 3.88. The molecule has 0 spiro atoms. The Morgan fingerprint density at radius 1 is 1.52 bits per heavy atom. The maximum Gasteiger partial charge on any atom is 0.321 e. The van der Waals surface area contributed by atoms with Gasteiger partial charge >= 0.3 is 6.03 Å². The highest BCUT2D eigenvalue weighted by molar-refractivity contribution is 5.89. The number of benzene rings is 1. The normalized spacial score (nSPS) is 17.1. The van der Waals surface area contributed by atoms with Crippen molar-refractivity contribution in [2.24, 2.45) is 0 Å². The Balaban J connectivity index is 1.78. The zero-order chi connectivity index (χ0) is 16.7. The van der Waals surface area contributed by atoms with Crippen molar-refractivity contribution in [1.82, 2.24) is 4.90 Å². The molecule has 128 valence electrons. The minimum atomic E-state index is -0.503. The Morgan fingerprint density at radius 3 is 3.00 bits per heavy atom. The summed E-state index contributed by atoms with van der Waals surface area (Å²) in [6.45, 7) is 3.76. The summed E-state index contributed by atoms with van der Waals surface area (Å²) in [6, 6.07) is 4.11. The maximum absolute atomic E-state index is 13.9. The Kier molecular flexibility index (Phi) is 6.65. The van der Waals surface area contributed by atoms with E-state index < -0.39 is 5.82 Å². The molecule has 0 saturated carbocycles. The first kappa shape index (κ1) is 17.5. The minimum Gasteiger partial charge on any atom is -0.494 e. The van der Waals surface area contributed by atoms with Crippen LogP contribution in [-0.2, 0) is 4.74 Å². The lowest BCUT2D eigenvalue weighted by Crippen LogP contribution is -2.32. The van der Waals surface area contributed by atoms with Crippen molar-refractivity contribution < 1.29 is 18.7 Å². The van der Waals surface area contributed by atoms with Crippen molar-refractivity contribution in [2.45, 2.75) is 38.7 Å². The highest BCUT2D eigenvalue weighted by atomic mass is 19.1. The Morgan fingerprint density at radius 2 is 2.35 bits per heavy atom. The third kappa shape index (κ3) is 5.39. The number of halogens is 1. The second kappa shape index (κ2) is 8.72. The molecular weight excluding hydrogens is 299 g/mol. The van der Waals surface area contributed by atoms with Crippen LogP contribution >= 0.6 is 0 Å². The average Bonchev–Trinajstić information content (AvgIpc) is 3.03. The van der Waals surface area contributed by atoms with E-state index in [1.807, 2.05) is 6.92 Å². The molecule has 0 bridgehead atoms. The van der Waals surface area contributed by atoms with Gasteiger partial charge in [-0.05, 0) is 44.7 Å². The summed E-state index contributed by atoms with van der Waals surface area (Å²) in [6.07, 6.45) is 4.38. The molecule has 6 heteroatoms. The summed E-state index contributed by atoms with van der Waals surface area (Å²) in [5.74, 6) is -0.0510. The molecule has 1 aliphatic heterocycles. The molecule has 1 N–H and O–H groups in total. The van der Waals surface area contributed by atoms with Crippen molar-refractivity contribution in [3.05, 3.63) is 24.0 Å². The van der Waals surface area contributed by atoms with Crippen molar-refractivity contribution in [3.8, 4) is 5.75 Å². The maximum atomic E-state index is 13.9. The molecule has 1 aromatic carbocycles. The van der Waals surface area contributed by atoms with E-state index in [0.29, 0.717) is 25.0 Å². The summed E-state index contributed by atoms with van der Waals surface area (Å²) in [5, 5.41) is 2.58. The van der Waals surface area contributed by atoms with Crippen molar-refractivity contribution >= 4 is 11.7 Å². The van der Waals surface area contributed by atoms with Crippen LogP contribution in [0.15, 0.2) is 18.2 Å². The molecule has 1 aliphatic rings. The molecule has 1 atom stereocenters. The topological polar surface area (TPSA) is 50.8 Å².